The Balaban J connectivity index is 3.03. The molecule has 0 N–H and O–H groups in total. The number of carbonyl (C=O) groups is 1. The van der Waals surface area contributed by atoms with Crippen molar-refractivity contribution >= 4 is 33.2 Å². The molecule has 1 aromatic rings. The Morgan fingerprint density at radius 2 is 2.36 bits per heavy atom. The number of esters is 1. The molecular formula is C7H7BrO2S. The summed E-state index contributed by atoms with van der Waals surface area (Å²) in [6.45, 7) is 1.95. The predicted molar refractivity (Wildman–Crippen MR) is 48.1 cm³/mol. The van der Waals surface area contributed by atoms with Gasteiger partial charge in [-0.2, -0.15) is 0 Å². The smallest absolute Gasteiger partial charge is 0.349 e. The molecule has 0 aliphatic carbocycles. The van der Waals surface area contributed by atoms with Gasteiger partial charge in [0, 0.05) is 9.35 Å². The van der Waals surface area contributed by atoms with Gasteiger partial charge >= 0.3 is 5.97 Å². The maximum Gasteiger partial charge on any atom is 0.349 e. The van der Waals surface area contributed by atoms with Crippen LogP contribution in [0.1, 0.15) is 14.5 Å². The fourth-order valence-electron chi connectivity index (χ4n) is 0.715. The summed E-state index contributed by atoms with van der Waals surface area (Å²) in [5, 5.41) is 0. The van der Waals surface area contributed by atoms with Crippen LogP contribution in [0.3, 0.4) is 0 Å². The third kappa shape index (κ3) is 1.81. The van der Waals surface area contributed by atoms with E-state index in [1.807, 2.05) is 13.0 Å². The number of halogens is 1. The Kier molecular flexibility index (Phi) is 2.67. The first-order valence-electron chi connectivity index (χ1n) is 2.99. The lowest BCUT2D eigenvalue weighted by atomic mass is 10.4. The van der Waals surface area contributed by atoms with Gasteiger partial charge in [0.2, 0.25) is 0 Å². The Morgan fingerprint density at radius 1 is 1.73 bits per heavy atom. The van der Waals surface area contributed by atoms with Crippen molar-refractivity contribution in [2.24, 2.45) is 0 Å². The summed E-state index contributed by atoms with van der Waals surface area (Å²) in [7, 11) is 1.38. The minimum Gasteiger partial charge on any atom is -0.465 e. The van der Waals surface area contributed by atoms with Crippen molar-refractivity contribution < 1.29 is 9.53 Å². The molecule has 11 heavy (non-hydrogen) atoms. The van der Waals surface area contributed by atoms with Gasteiger partial charge < -0.3 is 4.74 Å². The summed E-state index contributed by atoms with van der Waals surface area (Å²) in [6, 6.07) is 1.90. The zero-order valence-electron chi connectivity index (χ0n) is 6.18. The van der Waals surface area contributed by atoms with E-state index in [1.54, 1.807) is 0 Å². The van der Waals surface area contributed by atoms with Crippen molar-refractivity contribution in [3.63, 3.8) is 0 Å². The van der Waals surface area contributed by atoms with Gasteiger partial charge in [-0.3, -0.25) is 0 Å². The largest absolute Gasteiger partial charge is 0.465 e. The molecule has 0 aliphatic rings. The molecule has 4 heteroatoms. The average molecular weight is 235 g/mol. The first-order chi connectivity index (χ1) is 5.15. The first kappa shape index (κ1) is 8.74. The molecule has 0 aliphatic heterocycles. The SMILES string of the molecule is COC(=O)c1sc(C)cc1Br. The molecule has 1 heterocycles. The summed E-state index contributed by atoms with van der Waals surface area (Å²) in [4.78, 5) is 12.7. The summed E-state index contributed by atoms with van der Waals surface area (Å²) < 4.78 is 5.38. The lowest BCUT2D eigenvalue weighted by Crippen LogP contribution is -1.97. The molecule has 0 fully saturated rings. The van der Waals surface area contributed by atoms with E-state index in [9.17, 15) is 4.79 Å². The molecule has 0 bridgehead atoms. The number of ether oxygens (including phenoxy) is 1. The highest BCUT2D eigenvalue weighted by molar-refractivity contribution is 9.10. The van der Waals surface area contributed by atoms with Gasteiger partial charge in [0.25, 0.3) is 0 Å². The van der Waals surface area contributed by atoms with E-state index in [-0.39, 0.29) is 5.97 Å². The highest BCUT2D eigenvalue weighted by atomic mass is 79.9. The lowest BCUT2D eigenvalue weighted by Gasteiger charge is -1.93. The van der Waals surface area contributed by atoms with Crippen LogP contribution in [0.4, 0.5) is 0 Å². The second kappa shape index (κ2) is 3.36. The number of rotatable bonds is 1. The molecular weight excluding hydrogens is 228 g/mol. The number of methoxy groups -OCH3 is 1. The minimum absolute atomic E-state index is 0.282. The Bertz CT molecular complexity index is 280. The molecule has 0 spiro atoms. The van der Waals surface area contributed by atoms with Crippen LogP contribution in [0.15, 0.2) is 10.5 Å². The molecule has 0 saturated carbocycles. The Morgan fingerprint density at radius 3 is 2.73 bits per heavy atom. The van der Waals surface area contributed by atoms with Crippen LogP contribution in [0.25, 0.3) is 0 Å². The summed E-state index contributed by atoms with van der Waals surface area (Å²) in [5.74, 6) is -0.282. The maximum atomic E-state index is 11.0. The van der Waals surface area contributed by atoms with Crippen molar-refractivity contribution in [3.05, 3.63) is 20.3 Å². The van der Waals surface area contributed by atoms with Crippen LogP contribution in [-0.4, -0.2) is 13.1 Å². The maximum absolute atomic E-state index is 11.0. The predicted octanol–water partition coefficient (Wildman–Crippen LogP) is 2.61. The van der Waals surface area contributed by atoms with Crippen molar-refractivity contribution in [2.75, 3.05) is 7.11 Å². The second-order valence-electron chi connectivity index (χ2n) is 2.03. The summed E-state index contributed by atoms with van der Waals surface area (Å²) in [6.07, 6.45) is 0. The third-order valence-electron chi connectivity index (χ3n) is 1.18. The monoisotopic (exact) mass is 234 g/mol. The molecule has 2 nitrogen and oxygen atoms in total. The molecule has 0 aromatic carbocycles. The standard InChI is InChI=1S/C7H7BrO2S/c1-4-3-5(8)6(11-4)7(9)10-2/h3H,1-2H3. The van der Waals surface area contributed by atoms with Crippen molar-refractivity contribution in [3.8, 4) is 0 Å². The lowest BCUT2D eigenvalue weighted by molar-refractivity contribution is 0.0605. The van der Waals surface area contributed by atoms with Gasteiger partial charge in [-0.1, -0.05) is 0 Å². The van der Waals surface area contributed by atoms with E-state index >= 15 is 0 Å². The van der Waals surface area contributed by atoms with Crippen molar-refractivity contribution in [1.82, 2.24) is 0 Å². The van der Waals surface area contributed by atoms with E-state index in [2.05, 4.69) is 20.7 Å². The number of carbonyl (C=O) groups excluding carboxylic acids is 1. The molecule has 0 saturated heterocycles. The van der Waals surface area contributed by atoms with Crippen LogP contribution in [0.2, 0.25) is 0 Å². The third-order valence-corrected chi connectivity index (χ3v) is 3.10. The normalized spacial score (nSPS) is 9.73. The molecule has 0 atom stereocenters. The average Bonchev–Trinajstić information content (AvgIpc) is 2.28. The molecule has 1 aromatic heterocycles. The summed E-state index contributed by atoms with van der Waals surface area (Å²) >= 11 is 4.69. The van der Waals surface area contributed by atoms with Gasteiger partial charge in [-0.05, 0) is 28.9 Å². The van der Waals surface area contributed by atoms with Gasteiger partial charge in [-0.25, -0.2) is 4.79 Å². The summed E-state index contributed by atoms with van der Waals surface area (Å²) in [5.41, 5.74) is 0. The van der Waals surface area contributed by atoms with Crippen molar-refractivity contribution in [2.45, 2.75) is 6.92 Å². The minimum atomic E-state index is -0.282. The molecule has 0 amide bonds. The fourth-order valence-corrected chi connectivity index (χ4v) is 2.44. The van der Waals surface area contributed by atoms with Crippen LogP contribution < -0.4 is 0 Å². The molecule has 0 unspecified atom stereocenters. The van der Waals surface area contributed by atoms with Crippen LogP contribution >= 0.6 is 27.3 Å². The number of hydrogen-bond donors (Lipinski definition) is 0. The molecule has 0 radical (unpaired) electrons. The first-order valence-corrected chi connectivity index (χ1v) is 4.60. The van der Waals surface area contributed by atoms with Gasteiger partial charge in [-0.15, -0.1) is 11.3 Å². The Labute approximate surface area is 77.3 Å². The zero-order valence-corrected chi connectivity index (χ0v) is 8.58. The van der Waals surface area contributed by atoms with Crippen LogP contribution in [-0.2, 0) is 4.74 Å². The van der Waals surface area contributed by atoms with E-state index in [1.165, 1.54) is 18.4 Å². The molecule has 1 rings (SSSR count). The van der Waals surface area contributed by atoms with Gasteiger partial charge in [0.05, 0.1) is 7.11 Å². The zero-order chi connectivity index (χ0) is 8.43. The highest BCUT2D eigenvalue weighted by Crippen LogP contribution is 2.27. The quantitative estimate of drug-likeness (QED) is 0.699. The van der Waals surface area contributed by atoms with Crippen molar-refractivity contribution in [1.29, 1.82) is 0 Å². The number of aryl methyl sites for hydroxylation is 1. The van der Waals surface area contributed by atoms with Gasteiger partial charge in [0.1, 0.15) is 4.88 Å². The van der Waals surface area contributed by atoms with E-state index in [4.69, 9.17) is 0 Å². The molecule has 60 valence electrons. The number of hydrogen-bond acceptors (Lipinski definition) is 3. The highest BCUT2D eigenvalue weighted by Gasteiger charge is 2.12. The van der Waals surface area contributed by atoms with E-state index < -0.39 is 0 Å². The number of thiophene rings is 1. The fraction of sp³-hybridized carbons (Fsp3) is 0.286. The van der Waals surface area contributed by atoms with Gasteiger partial charge in [0.15, 0.2) is 0 Å². The van der Waals surface area contributed by atoms with Crippen LogP contribution in [0, 0.1) is 6.92 Å². The topological polar surface area (TPSA) is 26.3 Å². The van der Waals surface area contributed by atoms with E-state index in [0.29, 0.717) is 4.88 Å². The van der Waals surface area contributed by atoms with Crippen LogP contribution in [0.5, 0.6) is 0 Å². The second-order valence-corrected chi connectivity index (χ2v) is 4.14. The Hall–Kier alpha value is -0.350. The van der Waals surface area contributed by atoms with E-state index in [0.717, 1.165) is 9.35 Å².